The molecule has 2 heterocycles. The Balaban J connectivity index is 1.27. The maximum atomic E-state index is 15.4. The van der Waals surface area contributed by atoms with Crippen LogP contribution in [0, 0.1) is 0 Å². The van der Waals surface area contributed by atoms with Crippen LogP contribution in [0.4, 0.5) is 11.4 Å². The predicted octanol–water partition coefficient (Wildman–Crippen LogP) is 15.3. The van der Waals surface area contributed by atoms with E-state index in [1.54, 1.807) is 11.8 Å². The molecule has 0 spiro atoms. The van der Waals surface area contributed by atoms with Gasteiger partial charge in [-0.3, -0.25) is 19.2 Å². The van der Waals surface area contributed by atoms with Gasteiger partial charge >= 0.3 is 0 Å². The average Bonchev–Trinajstić information content (AvgIpc) is 3.26. The lowest BCUT2D eigenvalue weighted by atomic mass is 9.81. The van der Waals surface area contributed by atoms with Gasteiger partial charge in [0.25, 0.3) is 23.6 Å². The van der Waals surface area contributed by atoms with E-state index in [0.717, 1.165) is 64.4 Å². The number of para-hydroxylation sites is 2. The third-order valence-corrected chi connectivity index (χ3v) is 14.8. The fourth-order valence-electron chi connectivity index (χ4n) is 10.5. The average molecular weight is 875 g/mol. The number of amides is 4. The number of rotatable bonds is 8. The smallest absolute Gasteiger partial charge is 0.266 e. The van der Waals surface area contributed by atoms with Crippen molar-refractivity contribution in [2.24, 2.45) is 0 Å². The molecule has 0 aliphatic carbocycles. The van der Waals surface area contributed by atoms with E-state index in [-0.39, 0.29) is 52.7 Å². The Kier molecular flexibility index (Phi) is 9.92. The van der Waals surface area contributed by atoms with Crippen LogP contribution in [-0.4, -0.2) is 23.6 Å². The fourth-order valence-corrected chi connectivity index (χ4v) is 11.5. The van der Waals surface area contributed by atoms with Crippen molar-refractivity contribution in [3.63, 3.8) is 0 Å². The maximum absolute atomic E-state index is 15.4. The molecule has 2 aliphatic rings. The van der Waals surface area contributed by atoms with Crippen molar-refractivity contribution in [3.8, 4) is 0 Å². The number of fused-ring (bicyclic) bond motifs is 2. The van der Waals surface area contributed by atoms with E-state index in [0.29, 0.717) is 44.4 Å². The molecule has 65 heavy (non-hydrogen) atoms. The first-order chi connectivity index (χ1) is 30.9. The molecule has 0 fully saturated rings. The zero-order chi connectivity index (χ0) is 46.1. The highest BCUT2D eigenvalue weighted by Crippen LogP contribution is 2.52. The second-order valence-corrected chi connectivity index (χ2v) is 21.4. The second-order valence-electron chi connectivity index (χ2n) is 20.2. The van der Waals surface area contributed by atoms with E-state index >= 15 is 19.2 Å². The molecule has 10 rings (SSSR count). The molecule has 8 aromatic carbocycles. The predicted molar refractivity (Wildman–Crippen MR) is 268 cm³/mol. The van der Waals surface area contributed by atoms with Gasteiger partial charge in [-0.1, -0.05) is 155 Å². The molecule has 0 saturated carbocycles. The summed E-state index contributed by atoms with van der Waals surface area (Å²) in [4.78, 5) is 65.3. The summed E-state index contributed by atoms with van der Waals surface area (Å²) in [6, 6.07) is 34.3. The molecular weight excluding hydrogens is 821 g/mol. The van der Waals surface area contributed by atoms with Gasteiger partial charge in [-0.25, -0.2) is 9.80 Å². The fraction of sp³-hybridized carbons (Fsp3) is 0.276. The Labute approximate surface area is 385 Å². The van der Waals surface area contributed by atoms with Crippen molar-refractivity contribution in [1.29, 1.82) is 0 Å². The van der Waals surface area contributed by atoms with Gasteiger partial charge < -0.3 is 0 Å². The summed E-state index contributed by atoms with van der Waals surface area (Å²) in [5, 5.41) is 6.38. The van der Waals surface area contributed by atoms with E-state index < -0.39 is 0 Å². The standard InChI is InChI=1S/C58H54N2O4S/c1-29(2)35-14-12-15-36(30(3)4)52(35)59-54(61)42-25-22-39-40-23-26-44-49-45(57(64)60(56(44)63)53-37(31(5)6)16-13-17-38(53)32(7)8)28-46(65-34-20-18-33(19-21-34)58(9,10)11)50(51(40)49)41-24-27-43(55(59)62)48(42)47(39)41/h12-32H,1-11H3. The molecule has 7 heteroatoms. The van der Waals surface area contributed by atoms with Crippen LogP contribution in [0.25, 0.3) is 43.1 Å². The number of benzene rings is 8. The van der Waals surface area contributed by atoms with Crippen molar-refractivity contribution in [2.75, 3.05) is 9.80 Å². The van der Waals surface area contributed by atoms with E-state index in [4.69, 9.17) is 0 Å². The summed E-state index contributed by atoms with van der Waals surface area (Å²) < 4.78 is 0. The number of hydrogen-bond acceptors (Lipinski definition) is 5. The lowest BCUT2D eigenvalue weighted by Gasteiger charge is -2.34. The topological polar surface area (TPSA) is 74.8 Å². The lowest BCUT2D eigenvalue weighted by Crippen LogP contribution is -2.42. The quantitative estimate of drug-likeness (QED) is 0.0864. The Morgan fingerprint density at radius 3 is 1.22 bits per heavy atom. The molecule has 4 amide bonds. The molecular formula is C58H54N2O4S. The van der Waals surface area contributed by atoms with E-state index in [9.17, 15) is 0 Å². The first-order valence-corrected chi connectivity index (χ1v) is 23.8. The molecule has 0 atom stereocenters. The lowest BCUT2D eigenvalue weighted by molar-refractivity contribution is 0.0877. The van der Waals surface area contributed by atoms with Gasteiger partial charge in [0, 0.05) is 48.0 Å². The van der Waals surface area contributed by atoms with Gasteiger partial charge in [0.05, 0.1) is 16.9 Å². The summed E-state index contributed by atoms with van der Waals surface area (Å²) in [5.41, 5.74) is 8.22. The van der Waals surface area contributed by atoms with Crippen molar-refractivity contribution in [3.05, 3.63) is 153 Å². The monoisotopic (exact) mass is 874 g/mol. The molecule has 0 saturated heterocycles. The van der Waals surface area contributed by atoms with Crippen LogP contribution in [0.1, 0.15) is 169 Å². The summed E-state index contributed by atoms with van der Waals surface area (Å²) in [7, 11) is 0. The summed E-state index contributed by atoms with van der Waals surface area (Å²) in [6.45, 7) is 23.4. The minimum Gasteiger partial charge on any atom is -0.268 e. The van der Waals surface area contributed by atoms with Crippen LogP contribution in [0.2, 0.25) is 0 Å². The molecule has 0 N–H and O–H groups in total. The number of nitrogens with zero attached hydrogens (tertiary/aromatic N) is 2. The largest absolute Gasteiger partial charge is 0.268 e. The first-order valence-electron chi connectivity index (χ1n) is 23.0. The Morgan fingerprint density at radius 2 is 0.800 bits per heavy atom. The molecule has 2 aliphatic heterocycles. The van der Waals surface area contributed by atoms with Crippen molar-refractivity contribution < 1.29 is 19.2 Å². The van der Waals surface area contributed by atoms with E-state index in [1.165, 1.54) is 15.4 Å². The molecule has 0 radical (unpaired) electrons. The number of carbonyl (C=O) groups is 4. The van der Waals surface area contributed by atoms with Crippen LogP contribution in [0.5, 0.6) is 0 Å². The van der Waals surface area contributed by atoms with Gasteiger partial charge in [0.1, 0.15) is 0 Å². The van der Waals surface area contributed by atoms with Crippen LogP contribution in [0.15, 0.2) is 113 Å². The zero-order valence-corrected chi connectivity index (χ0v) is 39.9. The summed E-state index contributed by atoms with van der Waals surface area (Å²) in [6.07, 6.45) is 0. The Bertz CT molecular complexity index is 3290. The van der Waals surface area contributed by atoms with Gasteiger partial charge in [0.15, 0.2) is 0 Å². The zero-order valence-electron chi connectivity index (χ0n) is 39.1. The second kappa shape index (κ2) is 15.1. The maximum Gasteiger partial charge on any atom is 0.266 e. The highest BCUT2D eigenvalue weighted by atomic mass is 32.2. The summed E-state index contributed by atoms with van der Waals surface area (Å²) in [5.74, 6) is -1.09. The molecule has 0 unspecified atom stereocenters. The first kappa shape index (κ1) is 42.6. The minimum absolute atomic E-state index is 0.0332. The van der Waals surface area contributed by atoms with Crippen LogP contribution in [-0.2, 0) is 5.41 Å². The van der Waals surface area contributed by atoms with Crippen LogP contribution in [0.3, 0.4) is 0 Å². The number of carbonyl (C=O) groups excluding carboxylic acids is 4. The van der Waals surface area contributed by atoms with Gasteiger partial charge in [-0.05, 0) is 115 Å². The molecule has 8 aromatic rings. The molecule has 0 bridgehead atoms. The number of anilines is 2. The summed E-state index contributed by atoms with van der Waals surface area (Å²) >= 11 is 1.59. The Hall–Kier alpha value is -6.31. The number of imide groups is 2. The molecule has 326 valence electrons. The SMILES string of the molecule is CC(C)c1cccc(C(C)C)c1N1C(=O)c2ccc3c4ccc5c6c(cc(Sc7ccc(C(C)(C)C)cc7)c(c7ccc(c2c37)C1=O)c64)C(=O)N(c1c(C(C)C)cccc1C(C)C)C5=O. The van der Waals surface area contributed by atoms with Crippen molar-refractivity contribution in [1.82, 2.24) is 0 Å². The van der Waals surface area contributed by atoms with Crippen molar-refractivity contribution >= 4 is 89.9 Å². The third-order valence-electron chi connectivity index (χ3n) is 13.8. The Morgan fingerprint density at radius 1 is 0.415 bits per heavy atom. The molecule has 0 aromatic heterocycles. The van der Waals surface area contributed by atoms with Gasteiger partial charge in [-0.2, -0.15) is 0 Å². The van der Waals surface area contributed by atoms with Gasteiger partial charge in [-0.15, -0.1) is 0 Å². The normalized spacial score (nSPS) is 14.4. The minimum atomic E-state index is -0.346. The van der Waals surface area contributed by atoms with Crippen molar-refractivity contribution in [2.45, 2.75) is 115 Å². The van der Waals surface area contributed by atoms with E-state index in [2.05, 4.69) is 100 Å². The highest BCUT2D eigenvalue weighted by Gasteiger charge is 2.41. The van der Waals surface area contributed by atoms with Gasteiger partial charge in [0.2, 0.25) is 0 Å². The highest BCUT2D eigenvalue weighted by molar-refractivity contribution is 7.99. The third kappa shape index (κ3) is 6.29. The van der Waals surface area contributed by atoms with E-state index in [1.807, 2.05) is 78.9 Å². The molecule has 6 nitrogen and oxygen atoms in total. The van der Waals surface area contributed by atoms with Crippen LogP contribution >= 0.6 is 11.8 Å². The van der Waals surface area contributed by atoms with Crippen LogP contribution < -0.4 is 9.80 Å². The number of hydrogen-bond donors (Lipinski definition) is 0.